The highest BCUT2D eigenvalue weighted by Gasteiger charge is 2.44. The fraction of sp³-hybridized carbons (Fsp3) is 0.600. The first-order chi connectivity index (χ1) is 5.74. The Bertz CT molecular complexity index is 285. The van der Waals surface area contributed by atoms with Gasteiger partial charge in [-0.2, -0.15) is 13.2 Å². The van der Waals surface area contributed by atoms with E-state index in [9.17, 15) is 21.6 Å². The van der Waals surface area contributed by atoms with Gasteiger partial charge in [-0.3, -0.25) is 0 Å². The van der Waals surface area contributed by atoms with E-state index in [1.165, 1.54) is 12.5 Å². The Labute approximate surface area is 82.9 Å². The predicted molar refractivity (Wildman–Crippen MR) is 50.1 cm³/mol. The van der Waals surface area contributed by atoms with Gasteiger partial charge < -0.3 is 0 Å². The molecular formula is C5H7F3O2S3. The molecule has 13 heavy (non-hydrogen) atoms. The van der Waals surface area contributed by atoms with Crippen LogP contribution in [0.2, 0.25) is 0 Å². The van der Waals surface area contributed by atoms with Gasteiger partial charge in [0.15, 0.2) is 0 Å². The third-order valence-corrected chi connectivity index (χ3v) is 4.51. The number of sulfone groups is 1. The Morgan fingerprint density at radius 3 is 1.85 bits per heavy atom. The maximum Gasteiger partial charge on any atom is 0.501 e. The van der Waals surface area contributed by atoms with Gasteiger partial charge in [0.05, 0.1) is 9.65 Å². The zero-order valence-electron chi connectivity index (χ0n) is 6.75. The standard InChI is InChI=1S/C5H7F3O2S3/c1-11-4(12-2)3-13(9,10)5(6,7)8/h3H,1-2H3. The maximum atomic E-state index is 11.8. The molecule has 0 aliphatic carbocycles. The number of thioether (sulfide) groups is 2. The van der Waals surface area contributed by atoms with Crippen molar-refractivity contribution in [3.63, 3.8) is 0 Å². The third-order valence-electron chi connectivity index (χ3n) is 0.976. The lowest BCUT2D eigenvalue weighted by atomic mass is 11.2. The SMILES string of the molecule is CSC(=CS(=O)(=O)C(F)(F)F)SC. The van der Waals surface area contributed by atoms with E-state index in [1.54, 1.807) is 0 Å². The molecule has 0 rings (SSSR count). The number of halogens is 3. The van der Waals surface area contributed by atoms with Gasteiger partial charge in [-0.1, -0.05) is 0 Å². The Balaban J connectivity index is 5.00. The summed E-state index contributed by atoms with van der Waals surface area (Å²) in [5.74, 6) is 0. The zero-order chi connectivity index (χ0) is 10.7. The van der Waals surface area contributed by atoms with Crippen LogP contribution in [0.1, 0.15) is 0 Å². The van der Waals surface area contributed by atoms with Crippen LogP contribution in [-0.2, 0) is 9.84 Å². The summed E-state index contributed by atoms with van der Waals surface area (Å²) in [6, 6.07) is 0. The number of alkyl halides is 3. The first-order valence-corrected chi connectivity index (χ1v) is 6.85. The molecule has 0 aliphatic rings. The van der Waals surface area contributed by atoms with Crippen molar-refractivity contribution in [3.8, 4) is 0 Å². The van der Waals surface area contributed by atoms with Crippen molar-refractivity contribution in [1.82, 2.24) is 0 Å². The summed E-state index contributed by atoms with van der Waals surface area (Å²) >= 11 is 1.92. The summed E-state index contributed by atoms with van der Waals surface area (Å²) in [6.45, 7) is 0. The Morgan fingerprint density at radius 2 is 1.62 bits per heavy atom. The van der Waals surface area contributed by atoms with Crippen LogP contribution in [0.5, 0.6) is 0 Å². The van der Waals surface area contributed by atoms with Crippen molar-refractivity contribution >= 4 is 33.4 Å². The zero-order valence-corrected chi connectivity index (χ0v) is 9.20. The van der Waals surface area contributed by atoms with Gasteiger partial charge in [0, 0.05) is 0 Å². The molecule has 78 valence electrons. The second-order valence-corrected chi connectivity index (χ2v) is 5.58. The molecule has 0 radical (unpaired) electrons. The van der Waals surface area contributed by atoms with E-state index in [-0.39, 0.29) is 9.65 Å². The Hall–Kier alpha value is 0.180. The van der Waals surface area contributed by atoms with Crippen molar-refractivity contribution in [2.45, 2.75) is 5.51 Å². The molecule has 0 aromatic carbocycles. The van der Waals surface area contributed by atoms with Crippen molar-refractivity contribution in [1.29, 1.82) is 0 Å². The molecule has 0 saturated heterocycles. The van der Waals surface area contributed by atoms with E-state index >= 15 is 0 Å². The molecule has 0 N–H and O–H groups in total. The van der Waals surface area contributed by atoms with E-state index in [4.69, 9.17) is 0 Å². The average Bonchev–Trinajstić information content (AvgIpc) is 1.98. The largest absolute Gasteiger partial charge is 0.501 e. The Kier molecular flexibility index (Phi) is 4.67. The molecule has 8 heteroatoms. The van der Waals surface area contributed by atoms with Gasteiger partial charge in [0.1, 0.15) is 0 Å². The molecule has 2 nitrogen and oxygen atoms in total. The molecule has 0 aromatic rings. The second kappa shape index (κ2) is 4.61. The van der Waals surface area contributed by atoms with Crippen LogP contribution in [0.25, 0.3) is 0 Å². The van der Waals surface area contributed by atoms with E-state index in [0.29, 0.717) is 0 Å². The molecule has 0 aromatic heterocycles. The summed E-state index contributed by atoms with van der Waals surface area (Å²) < 4.78 is 56.7. The summed E-state index contributed by atoms with van der Waals surface area (Å²) in [5.41, 5.74) is -5.20. The monoisotopic (exact) mass is 252 g/mol. The minimum Gasteiger partial charge on any atom is -0.215 e. The smallest absolute Gasteiger partial charge is 0.215 e. The molecule has 0 fully saturated rings. The molecule has 0 amide bonds. The minimum atomic E-state index is -5.20. The average molecular weight is 252 g/mol. The number of hydrogen-bond acceptors (Lipinski definition) is 4. The van der Waals surface area contributed by atoms with E-state index in [1.807, 2.05) is 0 Å². The highest BCUT2D eigenvalue weighted by molar-refractivity contribution is 8.22. The van der Waals surface area contributed by atoms with Gasteiger partial charge in [-0.05, 0) is 12.5 Å². The highest BCUT2D eigenvalue weighted by Crippen LogP contribution is 2.31. The lowest BCUT2D eigenvalue weighted by Gasteiger charge is -2.04. The van der Waals surface area contributed by atoms with Crippen molar-refractivity contribution in [2.75, 3.05) is 12.5 Å². The van der Waals surface area contributed by atoms with Crippen molar-refractivity contribution < 1.29 is 21.6 Å². The number of hydrogen-bond donors (Lipinski definition) is 0. The normalized spacial score (nSPS) is 12.7. The molecule has 0 saturated carbocycles. The second-order valence-electron chi connectivity index (χ2n) is 1.84. The van der Waals surface area contributed by atoms with Crippen LogP contribution in [0.4, 0.5) is 13.2 Å². The Morgan fingerprint density at radius 1 is 1.23 bits per heavy atom. The molecule has 0 heterocycles. The fourth-order valence-corrected chi connectivity index (χ4v) is 2.96. The van der Waals surface area contributed by atoms with Crippen LogP contribution in [0, 0.1) is 0 Å². The van der Waals surface area contributed by atoms with Gasteiger partial charge >= 0.3 is 5.51 Å². The topological polar surface area (TPSA) is 34.1 Å². The quantitative estimate of drug-likeness (QED) is 0.772. The molecule has 0 aliphatic heterocycles. The highest BCUT2D eigenvalue weighted by atomic mass is 32.2. The maximum absolute atomic E-state index is 11.8. The van der Waals surface area contributed by atoms with Gasteiger partial charge in [-0.25, -0.2) is 8.42 Å². The van der Waals surface area contributed by atoms with Crippen LogP contribution < -0.4 is 0 Å². The molecule has 0 bridgehead atoms. The van der Waals surface area contributed by atoms with Crippen LogP contribution in [-0.4, -0.2) is 26.4 Å². The van der Waals surface area contributed by atoms with Crippen LogP contribution in [0.3, 0.4) is 0 Å². The first kappa shape index (κ1) is 13.2. The summed E-state index contributed by atoms with van der Waals surface area (Å²) in [5, 5.41) is 0.238. The number of rotatable bonds is 3. The van der Waals surface area contributed by atoms with Crippen LogP contribution >= 0.6 is 23.5 Å². The third kappa shape index (κ3) is 3.82. The molecule has 0 spiro atoms. The predicted octanol–water partition coefficient (Wildman–Crippen LogP) is 2.45. The lowest BCUT2D eigenvalue weighted by molar-refractivity contribution is -0.0423. The lowest BCUT2D eigenvalue weighted by Crippen LogP contribution is -2.20. The van der Waals surface area contributed by atoms with Crippen LogP contribution in [0.15, 0.2) is 9.65 Å². The molecular weight excluding hydrogens is 245 g/mol. The first-order valence-electron chi connectivity index (χ1n) is 2.85. The van der Waals surface area contributed by atoms with Crippen molar-refractivity contribution in [3.05, 3.63) is 9.65 Å². The molecule has 0 atom stereocenters. The summed E-state index contributed by atoms with van der Waals surface area (Å²) in [4.78, 5) is 0. The minimum absolute atomic E-state index is 0.109. The summed E-state index contributed by atoms with van der Waals surface area (Å²) in [6.07, 6.45) is 3.02. The van der Waals surface area contributed by atoms with E-state index in [2.05, 4.69) is 0 Å². The van der Waals surface area contributed by atoms with Crippen molar-refractivity contribution in [2.24, 2.45) is 0 Å². The van der Waals surface area contributed by atoms with E-state index < -0.39 is 15.3 Å². The van der Waals surface area contributed by atoms with Gasteiger partial charge in [-0.15, -0.1) is 23.5 Å². The van der Waals surface area contributed by atoms with Gasteiger partial charge in [0.25, 0.3) is 9.84 Å². The molecule has 0 unspecified atom stereocenters. The fourth-order valence-electron chi connectivity index (χ4n) is 0.373. The van der Waals surface area contributed by atoms with Gasteiger partial charge in [0.2, 0.25) is 0 Å². The summed E-state index contributed by atoms with van der Waals surface area (Å²) in [7, 11) is -5.12. The van der Waals surface area contributed by atoms with E-state index in [0.717, 1.165) is 23.5 Å².